The highest BCUT2D eigenvalue weighted by Gasteiger charge is 2.20. The SMILES string of the molecule is CCN(CC(O)C1=CC(O)=CCC1)C(=O)OCCl. The van der Waals surface area contributed by atoms with E-state index < -0.39 is 12.2 Å². The van der Waals surface area contributed by atoms with Crippen LogP contribution in [0, 0.1) is 0 Å². The first kappa shape index (κ1) is 14.9. The van der Waals surface area contributed by atoms with Crippen molar-refractivity contribution < 1.29 is 19.7 Å². The molecule has 0 aromatic rings. The number of hydrogen-bond acceptors (Lipinski definition) is 4. The van der Waals surface area contributed by atoms with Gasteiger partial charge in [0.25, 0.3) is 0 Å². The maximum atomic E-state index is 11.5. The van der Waals surface area contributed by atoms with E-state index in [1.165, 1.54) is 11.0 Å². The van der Waals surface area contributed by atoms with E-state index in [2.05, 4.69) is 4.74 Å². The zero-order valence-corrected chi connectivity index (χ0v) is 11.1. The van der Waals surface area contributed by atoms with Gasteiger partial charge < -0.3 is 19.8 Å². The second-order valence-electron chi connectivity index (χ2n) is 3.96. The van der Waals surface area contributed by atoms with Crippen LogP contribution in [0.1, 0.15) is 19.8 Å². The smallest absolute Gasteiger partial charge is 0.411 e. The summed E-state index contributed by atoms with van der Waals surface area (Å²) in [6.45, 7) is 2.34. The molecule has 1 atom stereocenters. The summed E-state index contributed by atoms with van der Waals surface area (Å²) in [5, 5.41) is 19.4. The number of carbonyl (C=O) groups is 1. The largest absolute Gasteiger partial charge is 0.508 e. The molecule has 1 unspecified atom stereocenters. The molecule has 0 saturated carbocycles. The lowest BCUT2D eigenvalue weighted by atomic mass is 9.98. The van der Waals surface area contributed by atoms with Crippen LogP contribution >= 0.6 is 11.6 Å². The lowest BCUT2D eigenvalue weighted by molar-refractivity contribution is 0.0940. The zero-order valence-electron chi connectivity index (χ0n) is 10.3. The van der Waals surface area contributed by atoms with Crippen LogP contribution in [0.3, 0.4) is 0 Å². The summed E-state index contributed by atoms with van der Waals surface area (Å²) in [4.78, 5) is 12.8. The predicted octanol–water partition coefficient (Wildman–Crippen LogP) is 2.16. The minimum Gasteiger partial charge on any atom is -0.508 e. The molecule has 1 amide bonds. The predicted molar refractivity (Wildman–Crippen MR) is 68.5 cm³/mol. The average Bonchev–Trinajstić information content (AvgIpc) is 2.35. The van der Waals surface area contributed by atoms with Gasteiger partial charge in [-0.25, -0.2) is 4.79 Å². The molecule has 1 rings (SSSR count). The van der Waals surface area contributed by atoms with Crippen molar-refractivity contribution in [1.29, 1.82) is 0 Å². The molecule has 6 heteroatoms. The van der Waals surface area contributed by atoms with Crippen molar-refractivity contribution in [1.82, 2.24) is 4.90 Å². The fourth-order valence-corrected chi connectivity index (χ4v) is 1.86. The van der Waals surface area contributed by atoms with Crippen LogP contribution in [0.5, 0.6) is 0 Å². The van der Waals surface area contributed by atoms with Crippen molar-refractivity contribution in [2.75, 3.05) is 19.2 Å². The molecule has 0 aromatic heterocycles. The van der Waals surface area contributed by atoms with Crippen LogP contribution in [0.25, 0.3) is 0 Å². The van der Waals surface area contributed by atoms with E-state index in [0.29, 0.717) is 25.0 Å². The minimum absolute atomic E-state index is 0.130. The molecule has 102 valence electrons. The molecule has 5 nitrogen and oxygen atoms in total. The Labute approximate surface area is 111 Å². The molecule has 1 aliphatic rings. The Morgan fingerprint density at radius 3 is 2.94 bits per heavy atom. The third-order valence-corrected chi connectivity index (χ3v) is 2.87. The maximum Gasteiger partial charge on any atom is 0.411 e. The molecule has 0 aromatic carbocycles. The molecular weight excluding hydrogens is 258 g/mol. The van der Waals surface area contributed by atoms with Gasteiger partial charge in [-0.2, -0.15) is 0 Å². The van der Waals surface area contributed by atoms with E-state index in [9.17, 15) is 15.0 Å². The van der Waals surface area contributed by atoms with Gasteiger partial charge in [-0.1, -0.05) is 11.6 Å². The number of aliphatic hydroxyl groups is 2. The van der Waals surface area contributed by atoms with Crippen molar-refractivity contribution in [3.8, 4) is 0 Å². The number of alkyl halides is 1. The van der Waals surface area contributed by atoms with E-state index in [-0.39, 0.29) is 18.4 Å². The summed E-state index contributed by atoms with van der Waals surface area (Å²) in [5.74, 6) is 0.154. The number of amides is 1. The van der Waals surface area contributed by atoms with E-state index >= 15 is 0 Å². The number of halogens is 1. The van der Waals surface area contributed by atoms with Gasteiger partial charge in [-0.15, -0.1) is 0 Å². The Bertz CT molecular complexity index is 354. The zero-order chi connectivity index (χ0) is 13.5. The minimum atomic E-state index is -0.802. The molecule has 1 aliphatic carbocycles. The second kappa shape index (κ2) is 7.28. The standard InChI is InChI=1S/C12H18ClNO4/c1-2-14(12(17)18-8-13)7-11(16)9-4-3-5-10(15)6-9/h5-6,11,15-16H,2-4,7-8H2,1H3. The normalized spacial score (nSPS) is 16.6. The Kier molecular flexibility index (Phi) is 6.01. The first-order chi connectivity index (χ1) is 8.58. The van der Waals surface area contributed by atoms with Gasteiger partial charge >= 0.3 is 6.09 Å². The van der Waals surface area contributed by atoms with Gasteiger partial charge in [-0.05, 0) is 37.5 Å². The Morgan fingerprint density at radius 1 is 1.67 bits per heavy atom. The van der Waals surface area contributed by atoms with Gasteiger partial charge in [0.05, 0.1) is 12.6 Å². The number of rotatable bonds is 5. The van der Waals surface area contributed by atoms with Crippen LogP contribution in [-0.4, -0.2) is 46.5 Å². The molecule has 0 fully saturated rings. The van der Waals surface area contributed by atoms with E-state index in [1.54, 1.807) is 13.0 Å². The first-order valence-corrected chi connectivity index (χ1v) is 6.37. The maximum absolute atomic E-state index is 11.5. The lowest BCUT2D eigenvalue weighted by Crippen LogP contribution is -2.38. The van der Waals surface area contributed by atoms with Crippen molar-refractivity contribution in [2.24, 2.45) is 0 Å². The highest BCUT2D eigenvalue weighted by molar-refractivity contribution is 6.17. The monoisotopic (exact) mass is 275 g/mol. The number of nitrogens with zero attached hydrogens (tertiary/aromatic N) is 1. The summed E-state index contributed by atoms with van der Waals surface area (Å²) in [6, 6.07) is -0.211. The van der Waals surface area contributed by atoms with Crippen molar-refractivity contribution >= 4 is 17.7 Å². The number of carbonyl (C=O) groups excluding carboxylic acids is 1. The molecule has 0 saturated heterocycles. The highest BCUT2D eigenvalue weighted by Crippen LogP contribution is 2.19. The molecule has 0 radical (unpaired) electrons. The molecular formula is C12H18ClNO4. The molecule has 0 spiro atoms. The first-order valence-electron chi connectivity index (χ1n) is 5.83. The van der Waals surface area contributed by atoms with Crippen molar-refractivity contribution in [2.45, 2.75) is 25.9 Å². The van der Waals surface area contributed by atoms with Crippen molar-refractivity contribution in [3.05, 3.63) is 23.5 Å². The van der Waals surface area contributed by atoms with Gasteiger partial charge in [0, 0.05) is 6.54 Å². The van der Waals surface area contributed by atoms with Gasteiger partial charge in [0.2, 0.25) is 0 Å². The topological polar surface area (TPSA) is 70.0 Å². The van der Waals surface area contributed by atoms with E-state index in [4.69, 9.17) is 11.6 Å². The van der Waals surface area contributed by atoms with E-state index in [0.717, 1.165) is 0 Å². The fourth-order valence-electron chi connectivity index (χ4n) is 1.77. The van der Waals surface area contributed by atoms with Crippen LogP contribution in [0.2, 0.25) is 0 Å². The van der Waals surface area contributed by atoms with Crippen LogP contribution < -0.4 is 0 Å². The number of hydrogen-bond donors (Lipinski definition) is 2. The van der Waals surface area contributed by atoms with Gasteiger partial charge in [0.1, 0.15) is 5.76 Å². The summed E-state index contributed by atoms with van der Waals surface area (Å²) in [5.41, 5.74) is 0.715. The van der Waals surface area contributed by atoms with E-state index in [1.807, 2.05) is 0 Å². The summed E-state index contributed by atoms with van der Waals surface area (Å²) in [6.07, 6.45) is 3.23. The lowest BCUT2D eigenvalue weighted by Gasteiger charge is -2.25. The number of likely N-dealkylation sites (N-methyl/N-ethyl adjacent to an activating group) is 1. The molecule has 0 aliphatic heterocycles. The molecule has 0 bridgehead atoms. The highest BCUT2D eigenvalue weighted by atomic mass is 35.5. The summed E-state index contributed by atoms with van der Waals surface area (Å²) in [7, 11) is 0. The van der Waals surface area contributed by atoms with Crippen LogP contribution in [-0.2, 0) is 4.74 Å². The Hall–Kier alpha value is -1.20. The average molecular weight is 276 g/mol. The van der Waals surface area contributed by atoms with Gasteiger partial charge in [0.15, 0.2) is 6.07 Å². The third kappa shape index (κ3) is 4.23. The summed E-state index contributed by atoms with van der Waals surface area (Å²) >= 11 is 5.32. The van der Waals surface area contributed by atoms with Crippen LogP contribution in [0.4, 0.5) is 4.79 Å². The van der Waals surface area contributed by atoms with Crippen LogP contribution in [0.15, 0.2) is 23.5 Å². The number of allylic oxidation sites excluding steroid dienone is 2. The molecule has 18 heavy (non-hydrogen) atoms. The van der Waals surface area contributed by atoms with Crippen molar-refractivity contribution in [3.63, 3.8) is 0 Å². The number of ether oxygens (including phenoxy) is 1. The number of aliphatic hydroxyl groups excluding tert-OH is 2. The second-order valence-corrected chi connectivity index (χ2v) is 4.18. The Morgan fingerprint density at radius 2 is 2.39 bits per heavy atom. The van der Waals surface area contributed by atoms with Gasteiger partial charge in [-0.3, -0.25) is 0 Å². The third-order valence-electron chi connectivity index (χ3n) is 2.76. The quantitative estimate of drug-likeness (QED) is 0.755. The molecule has 2 N–H and O–H groups in total. The fraction of sp³-hybridized carbons (Fsp3) is 0.583. The molecule has 0 heterocycles. The Balaban J connectivity index is 2.59. The summed E-state index contributed by atoms with van der Waals surface area (Å²) < 4.78 is 4.67.